The van der Waals surface area contributed by atoms with Gasteiger partial charge in [0.05, 0.1) is 41.4 Å². The summed E-state index contributed by atoms with van der Waals surface area (Å²) in [6, 6.07) is 8.21. The van der Waals surface area contributed by atoms with Crippen molar-refractivity contribution in [3.8, 4) is 16.9 Å². The molecule has 37 heavy (non-hydrogen) atoms. The SMILES string of the molecule is COc1ccccc1-c1c(C)sc2cnc(Nc3cnn(C4CCN(C(=O)OC(C)(C)C)CC4)c3)nc12. The Morgan fingerprint density at radius 1 is 1.16 bits per heavy atom. The molecule has 4 heterocycles. The molecule has 194 valence electrons. The summed E-state index contributed by atoms with van der Waals surface area (Å²) in [7, 11) is 1.68. The molecule has 0 bridgehead atoms. The van der Waals surface area contributed by atoms with Crippen LogP contribution in [0.1, 0.15) is 44.5 Å². The normalized spacial score (nSPS) is 14.7. The van der Waals surface area contributed by atoms with E-state index in [0.29, 0.717) is 19.0 Å². The van der Waals surface area contributed by atoms with Crippen molar-refractivity contribution < 1.29 is 14.3 Å². The lowest BCUT2D eigenvalue weighted by Gasteiger charge is -2.33. The molecular formula is C27H32N6O3S. The summed E-state index contributed by atoms with van der Waals surface area (Å²) in [4.78, 5) is 24.7. The maximum Gasteiger partial charge on any atom is 0.410 e. The van der Waals surface area contributed by atoms with E-state index in [0.717, 1.165) is 50.5 Å². The fourth-order valence-electron chi connectivity index (χ4n) is 4.61. The van der Waals surface area contributed by atoms with E-state index < -0.39 is 5.60 Å². The molecule has 1 N–H and O–H groups in total. The van der Waals surface area contributed by atoms with E-state index >= 15 is 0 Å². The minimum atomic E-state index is -0.489. The number of rotatable bonds is 5. The van der Waals surface area contributed by atoms with Gasteiger partial charge >= 0.3 is 6.09 Å². The van der Waals surface area contributed by atoms with Gasteiger partial charge in [-0.05, 0) is 46.6 Å². The van der Waals surface area contributed by atoms with Gasteiger partial charge in [-0.1, -0.05) is 18.2 Å². The lowest BCUT2D eigenvalue weighted by molar-refractivity contribution is 0.0185. The van der Waals surface area contributed by atoms with E-state index in [9.17, 15) is 4.79 Å². The van der Waals surface area contributed by atoms with Gasteiger partial charge in [-0.25, -0.2) is 14.8 Å². The predicted octanol–water partition coefficient (Wildman–Crippen LogP) is 6.19. The molecule has 1 aliphatic heterocycles. The van der Waals surface area contributed by atoms with E-state index in [2.05, 4.69) is 28.4 Å². The lowest BCUT2D eigenvalue weighted by Crippen LogP contribution is -2.42. The average molecular weight is 521 g/mol. The number of amides is 1. The first-order chi connectivity index (χ1) is 17.7. The smallest absolute Gasteiger partial charge is 0.410 e. The number of methoxy groups -OCH3 is 1. The Morgan fingerprint density at radius 3 is 2.65 bits per heavy atom. The lowest BCUT2D eigenvalue weighted by atomic mass is 10.0. The Morgan fingerprint density at radius 2 is 1.92 bits per heavy atom. The first kappa shape index (κ1) is 25.0. The van der Waals surface area contributed by atoms with Gasteiger partial charge in [0.15, 0.2) is 0 Å². The number of carbonyl (C=O) groups excluding carboxylic acids is 1. The number of ether oxygens (including phenoxy) is 2. The zero-order valence-electron chi connectivity index (χ0n) is 21.8. The van der Waals surface area contributed by atoms with Gasteiger partial charge < -0.3 is 19.7 Å². The van der Waals surface area contributed by atoms with Gasteiger partial charge in [0, 0.05) is 35.3 Å². The third-order valence-electron chi connectivity index (χ3n) is 6.33. The molecular weight excluding hydrogens is 488 g/mol. The number of anilines is 2. The number of aryl methyl sites for hydroxylation is 1. The summed E-state index contributed by atoms with van der Waals surface area (Å²) in [6.45, 7) is 9.04. The Kier molecular flexibility index (Phi) is 6.76. The average Bonchev–Trinajstić information content (AvgIpc) is 3.46. The van der Waals surface area contributed by atoms with E-state index in [1.165, 1.54) is 0 Å². The van der Waals surface area contributed by atoms with Crippen molar-refractivity contribution in [2.75, 3.05) is 25.5 Å². The molecule has 0 aliphatic carbocycles. The van der Waals surface area contributed by atoms with Gasteiger partial charge in [-0.2, -0.15) is 5.10 Å². The topological polar surface area (TPSA) is 94.4 Å². The molecule has 1 aliphatic rings. The van der Waals surface area contributed by atoms with E-state index in [1.54, 1.807) is 29.5 Å². The number of hydrogen-bond donors (Lipinski definition) is 1. The molecule has 0 spiro atoms. The summed E-state index contributed by atoms with van der Waals surface area (Å²) in [5.41, 5.74) is 3.31. The van der Waals surface area contributed by atoms with Gasteiger partial charge in [0.1, 0.15) is 11.4 Å². The summed E-state index contributed by atoms with van der Waals surface area (Å²) >= 11 is 1.67. The van der Waals surface area contributed by atoms with E-state index in [4.69, 9.17) is 14.5 Å². The Balaban J connectivity index is 1.30. The number of benzene rings is 1. The van der Waals surface area contributed by atoms with E-state index in [-0.39, 0.29) is 12.1 Å². The molecule has 0 unspecified atom stereocenters. The fourth-order valence-corrected chi connectivity index (χ4v) is 5.60. The summed E-state index contributed by atoms with van der Waals surface area (Å²) in [5, 5.41) is 7.88. The highest BCUT2D eigenvalue weighted by molar-refractivity contribution is 7.19. The van der Waals surface area contributed by atoms with Crippen molar-refractivity contribution in [2.24, 2.45) is 0 Å². The van der Waals surface area contributed by atoms with Crippen molar-refractivity contribution in [1.29, 1.82) is 0 Å². The third-order valence-corrected chi connectivity index (χ3v) is 7.36. The number of nitrogens with zero attached hydrogens (tertiary/aromatic N) is 5. The Hall–Kier alpha value is -3.66. The maximum atomic E-state index is 12.4. The molecule has 5 rings (SSSR count). The number of fused-ring (bicyclic) bond motifs is 1. The number of thiophene rings is 1. The number of carbonyl (C=O) groups is 1. The number of likely N-dealkylation sites (tertiary alicyclic amines) is 1. The second kappa shape index (κ2) is 10.0. The quantitative estimate of drug-likeness (QED) is 0.335. The van der Waals surface area contributed by atoms with Crippen LogP contribution in [0, 0.1) is 6.92 Å². The third kappa shape index (κ3) is 5.39. The first-order valence-corrected chi connectivity index (χ1v) is 13.2. The zero-order valence-corrected chi connectivity index (χ0v) is 22.6. The van der Waals surface area contributed by atoms with Gasteiger partial charge in [0.2, 0.25) is 5.95 Å². The number of aromatic nitrogens is 4. The predicted molar refractivity (Wildman–Crippen MR) is 146 cm³/mol. The highest BCUT2D eigenvalue weighted by Crippen LogP contribution is 2.41. The van der Waals surface area contributed by atoms with Crippen molar-refractivity contribution in [3.05, 3.63) is 47.7 Å². The van der Waals surface area contributed by atoms with Gasteiger partial charge in [-0.3, -0.25) is 4.68 Å². The molecule has 1 saturated heterocycles. The number of nitrogens with one attached hydrogen (secondary N) is 1. The summed E-state index contributed by atoms with van der Waals surface area (Å²) in [5.74, 6) is 1.33. The van der Waals surface area contributed by atoms with Crippen LogP contribution in [-0.2, 0) is 4.74 Å². The van der Waals surface area contributed by atoms with Crippen LogP contribution < -0.4 is 10.1 Å². The van der Waals surface area contributed by atoms with Crippen LogP contribution in [0.3, 0.4) is 0 Å². The zero-order chi connectivity index (χ0) is 26.2. The second-order valence-electron chi connectivity index (χ2n) is 10.2. The Bertz CT molecular complexity index is 1420. The molecule has 0 radical (unpaired) electrons. The largest absolute Gasteiger partial charge is 0.496 e. The summed E-state index contributed by atoms with van der Waals surface area (Å²) < 4.78 is 14.1. The van der Waals surface area contributed by atoms with Crippen LogP contribution >= 0.6 is 11.3 Å². The Labute approximate surface area is 220 Å². The van der Waals surface area contributed by atoms with Crippen molar-refractivity contribution in [2.45, 2.75) is 52.2 Å². The minimum Gasteiger partial charge on any atom is -0.496 e. The van der Waals surface area contributed by atoms with Crippen LogP contribution in [0.2, 0.25) is 0 Å². The number of hydrogen-bond acceptors (Lipinski definition) is 8. The molecule has 0 atom stereocenters. The standard InChI is InChI=1S/C27H32N6O3S/c1-17-23(20-8-6-7-9-21(20)35-5)24-22(37-17)15-28-25(31-24)30-18-14-29-33(16-18)19-10-12-32(13-11-19)26(34)36-27(2,3)4/h6-9,14-16,19H,10-13H2,1-5H3,(H,28,30,31). The van der Waals surface area contributed by atoms with Crippen molar-refractivity contribution in [3.63, 3.8) is 0 Å². The van der Waals surface area contributed by atoms with Crippen LogP contribution in [0.25, 0.3) is 21.3 Å². The fraction of sp³-hybridized carbons (Fsp3) is 0.407. The molecule has 3 aromatic heterocycles. The maximum absolute atomic E-state index is 12.4. The van der Waals surface area contributed by atoms with Crippen molar-refractivity contribution in [1.82, 2.24) is 24.6 Å². The highest BCUT2D eigenvalue weighted by Gasteiger charge is 2.28. The van der Waals surface area contributed by atoms with Crippen LogP contribution in [-0.4, -0.2) is 56.5 Å². The second-order valence-corrected chi connectivity index (χ2v) is 11.4. The van der Waals surface area contributed by atoms with E-state index in [1.807, 2.05) is 56.0 Å². The number of para-hydroxylation sites is 1. The van der Waals surface area contributed by atoms with Crippen LogP contribution in [0.4, 0.5) is 16.4 Å². The number of piperidine rings is 1. The first-order valence-electron chi connectivity index (χ1n) is 12.4. The van der Waals surface area contributed by atoms with Crippen LogP contribution in [0.5, 0.6) is 5.75 Å². The molecule has 10 heteroatoms. The molecule has 4 aromatic rings. The molecule has 1 amide bonds. The summed E-state index contributed by atoms with van der Waals surface area (Å²) in [6.07, 6.45) is 7.00. The molecule has 0 saturated carbocycles. The van der Waals surface area contributed by atoms with Crippen molar-refractivity contribution >= 4 is 39.3 Å². The minimum absolute atomic E-state index is 0.217. The molecule has 1 aromatic carbocycles. The monoisotopic (exact) mass is 520 g/mol. The highest BCUT2D eigenvalue weighted by atomic mass is 32.1. The molecule has 9 nitrogen and oxygen atoms in total. The van der Waals surface area contributed by atoms with Crippen LogP contribution in [0.15, 0.2) is 42.9 Å². The molecule has 1 fully saturated rings. The van der Waals surface area contributed by atoms with Gasteiger partial charge in [-0.15, -0.1) is 11.3 Å². The van der Waals surface area contributed by atoms with Gasteiger partial charge in [0.25, 0.3) is 0 Å².